The van der Waals surface area contributed by atoms with E-state index in [2.05, 4.69) is 15.9 Å². The molecular formula is C15H14BrFO3S. The van der Waals surface area contributed by atoms with Gasteiger partial charge in [0.1, 0.15) is 18.2 Å². The Morgan fingerprint density at radius 1 is 1.43 bits per heavy atom. The third-order valence-electron chi connectivity index (χ3n) is 2.87. The van der Waals surface area contributed by atoms with E-state index in [0.29, 0.717) is 5.56 Å². The van der Waals surface area contributed by atoms with E-state index in [-0.39, 0.29) is 29.0 Å². The van der Waals surface area contributed by atoms with Crippen LogP contribution in [-0.2, 0) is 6.61 Å². The molecule has 1 aromatic carbocycles. The lowest BCUT2D eigenvalue weighted by molar-refractivity contribution is 0.0697. The fourth-order valence-electron chi connectivity index (χ4n) is 1.74. The Morgan fingerprint density at radius 2 is 2.14 bits per heavy atom. The maximum atomic E-state index is 13.7. The molecule has 2 rings (SSSR count). The summed E-state index contributed by atoms with van der Waals surface area (Å²) in [7, 11) is 0. The van der Waals surface area contributed by atoms with Crippen molar-refractivity contribution in [1.82, 2.24) is 0 Å². The second-order valence-electron chi connectivity index (χ2n) is 4.83. The van der Waals surface area contributed by atoms with Gasteiger partial charge in [-0.25, -0.2) is 9.18 Å². The zero-order valence-corrected chi connectivity index (χ0v) is 13.9. The van der Waals surface area contributed by atoms with Crippen LogP contribution < -0.4 is 4.74 Å². The molecule has 21 heavy (non-hydrogen) atoms. The van der Waals surface area contributed by atoms with Crippen molar-refractivity contribution in [3.8, 4) is 5.75 Å². The Balaban J connectivity index is 2.23. The second kappa shape index (κ2) is 6.58. The van der Waals surface area contributed by atoms with Gasteiger partial charge in [-0.05, 0) is 30.2 Å². The Kier molecular flexibility index (Phi) is 5.00. The summed E-state index contributed by atoms with van der Waals surface area (Å²) < 4.78 is 19.9. The summed E-state index contributed by atoms with van der Waals surface area (Å²) in [6.45, 7) is 3.95. The van der Waals surface area contributed by atoms with E-state index >= 15 is 0 Å². The molecule has 0 aliphatic rings. The monoisotopic (exact) mass is 372 g/mol. The van der Waals surface area contributed by atoms with Crippen molar-refractivity contribution < 1.29 is 19.0 Å². The van der Waals surface area contributed by atoms with Crippen molar-refractivity contribution in [2.45, 2.75) is 26.4 Å². The van der Waals surface area contributed by atoms with Crippen LogP contribution in [0.4, 0.5) is 4.39 Å². The first-order valence-electron chi connectivity index (χ1n) is 6.32. The maximum absolute atomic E-state index is 13.7. The zero-order valence-electron chi connectivity index (χ0n) is 11.5. The fraction of sp³-hybridized carbons (Fsp3) is 0.267. The SMILES string of the molecule is CC(C)c1cc(OCc2cc(Br)ccc2F)c(C(=O)O)s1. The Morgan fingerprint density at radius 3 is 2.76 bits per heavy atom. The van der Waals surface area contributed by atoms with Crippen molar-refractivity contribution in [1.29, 1.82) is 0 Å². The van der Waals surface area contributed by atoms with Crippen LogP contribution in [0.5, 0.6) is 5.75 Å². The van der Waals surface area contributed by atoms with Gasteiger partial charge in [0.2, 0.25) is 0 Å². The molecule has 0 atom stereocenters. The number of ether oxygens (including phenoxy) is 1. The summed E-state index contributed by atoms with van der Waals surface area (Å²) in [6.07, 6.45) is 0. The van der Waals surface area contributed by atoms with Gasteiger partial charge in [-0.2, -0.15) is 0 Å². The minimum Gasteiger partial charge on any atom is -0.487 e. The number of carboxylic acids is 1. The lowest BCUT2D eigenvalue weighted by Crippen LogP contribution is -2.01. The van der Waals surface area contributed by atoms with Crippen LogP contribution in [0.25, 0.3) is 0 Å². The number of aromatic carboxylic acids is 1. The number of hydrogen-bond donors (Lipinski definition) is 1. The number of rotatable bonds is 5. The maximum Gasteiger partial charge on any atom is 0.349 e. The average molecular weight is 373 g/mol. The second-order valence-corrected chi connectivity index (χ2v) is 6.83. The van der Waals surface area contributed by atoms with Gasteiger partial charge in [-0.1, -0.05) is 29.8 Å². The number of halogens is 2. The molecule has 0 bridgehead atoms. The highest BCUT2D eigenvalue weighted by atomic mass is 79.9. The highest BCUT2D eigenvalue weighted by Gasteiger charge is 2.18. The summed E-state index contributed by atoms with van der Waals surface area (Å²) in [5.41, 5.74) is 0.373. The molecule has 0 saturated carbocycles. The molecule has 2 aromatic rings. The molecule has 0 spiro atoms. The summed E-state index contributed by atoms with van der Waals surface area (Å²) >= 11 is 4.46. The molecule has 3 nitrogen and oxygen atoms in total. The van der Waals surface area contributed by atoms with Crippen molar-refractivity contribution in [3.63, 3.8) is 0 Å². The molecule has 0 fully saturated rings. The van der Waals surface area contributed by atoms with Crippen molar-refractivity contribution >= 4 is 33.2 Å². The van der Waals surface area contributed by atoms with Crippen LogP contribution in [0, 0.1) is 5.82 Å². The number of carboxylic acid groups (broad SMARTS) is 1. The minimum atomic E-state index is -1.03. The van der Waals surface area contributed by atoms with E-state index in [0.717, 1.165) is 9.35 Å². The molecule has 112 valence electrons. The molecule has 0 aliphatic heterocycles. The predicted molar refractivity (Wildman–Crippen MR) is 83.8 cm³/mol. The normalized spacial score (nSPS) is 10.9. The molecule has 0 amide bonds. The molecule has 0 saturated heterocycles. The van der Waals surface area contributed by atoms with E-state index < -0.39 is 5.97 Å². The van der Waals surface area contributed by atoms with Gasteiger partial charge < -0.3 is 9.84 Å². The van der Waals surface area contributed by atoms with Gasteiger partial charge in [0, 0.05) is 14.9 Å². The first-order chi connectivity index (χ1) is 9.88. The fourth-order valence-corrected chi connectivity index (χ4v) is 3.09. The first-order valence-corrected chi connectivity index (χ1v) is 7.93. The summed E-state index contributed by atoms with van der Waals surface area (Å²) in [5.74, 6) is -0.908. The van der Waals surface area contributed by atoms with Gasteiger partial charge in [-0.15, -0.1) is 11.3 Å². The highest BCUT2D eigenvalue weighted by molar-refractivity contribution is 9.10. The molecular weight excluding hydrogens is 359 g/mol. The molecule has 0 unspecified atom stereocenters. The molecule has 0 aliphatic carbocycles. The smallest absolute Gasteiger partial charge is 0.349 e. The van der Waals surface area contributed by atoms with Crippen molar-refractivity contribution in [2.24, 2.45) is 0 Å². The minimum absolute atomic E-state index is 0.0141. The number of hydrogen-bond acceptors (Lipinski definition) is 3. The van der Waals surface area contributed by atoms with E-state index in [1.807, 2.05) is 13.8 Å². The van der Waals surface area contributed by atoms with Crippen LogP contribution in [0.2, 0.25) is 0 Å². The third-order valence-corrected chi connectivity index (χ3v) is 4.77. The van der Waals surface area contributed by atoms with Gasteiger partial charge in [0.25, 0.3) is 0 Å². The van der Waals surface area contributed by atoms with Crippen LogP contribution in [-0.4, -0.2) is 11.1 Å². The van der Waals surface area contributed by atoms with Crippen molar-refractivity contribution in [3.05, 3.63) is 49.9 Å². The van der Waals surface area contributed by atoms with Crippen LogP contribution in [0.3, 0.4) is 0 Å². The Labute approximate surface area is 134 Å². The zero-order chi connectivity index (χ0) is 15.6. The molecule has 1 N–H and O–H groups in total. The quantitative estimate of drug-likeness (QED) is 0.798. The standard InChI is InChI=1S/C15H14BrFO3S/c1-8(2)13-6-12(14(21-13)15(18)19)20-7-9-5-10(16)3-4-11(9)17/h3-6,8H,7H2,1-2H3,(H,18,19). The van der Waals surface area contributed by atoms with Gasteiger partial charge >= 0.3 is 5.97 Å². The number of carbonyl (C=O) groups is 1. The van der Waals surface area contributed by atoms with Crippen LogP contribution >= 0.6 is 27.3 Å². The van der Waals surface area contributed by atoms with Gasteiger partial charge in [0.05, 0.1) is 0 Å². The van der Waals surface area contributed by atoms with Crippen molar-refractivity contribution in [2.75, 3.05) is 0 Å². The van der Waals surface area contributed by atoms with E-state index in [4.69, 9.17) is 4.74 Å². The number of thiophene rings is 1. The Bertz CT molecular complexity index is 667. The predicted octanol–water partition coefficient (Wildman–Crippen LogP) is 5.05. The summed E-state index contributed by atoms with van der Waals surface area (Å²) in [6, 6.07) is 6.27. The van der Waals surface area contributed by atoms with E-state index in [1.165, 1.54) is 17.4 Å². The lowest BCUT2D eigenvalue weighted by Gasteiger charge is -2.07. The van der Waals surface area contributed by atoms with Gasteiger partial charge in [0.15, 0.2) is 4.88 Å². The summed E-state index contributed by atoms with van der Waals surface area (Å²) in [4.78, 5) is 12.3. The third kappa shape index (κ3) is 3.83. The average Bonchev–Trinajstić information content (AvgIpc) is 2.84. The highest BCUT2D eigenvalue weighted by Crippen LogP contribution is 2.34. The number of benzene rings is 1. The first kappa shape index (κ1) is 16.0. The Hall–Kier alpha value is -1.40. The molecule has 1 aromatic heterocycles. The molecule has 0 radical (unpaired) electrons. The van der Waals surface area contributed by atoms with Crippen LogP contribution in [0.15, 0.2) is 28.7 Å². The van der Waals surface area contributed by atoms with E-state index in [1.54, 1.807) is 18.2 Å². The topological polar surface area (TPSA) is 46.5 Å². The summed E-state index contributed by atoms with van der Waals surface area (Å²) in [5, 5.41) is 9.21. The largest absolute Gasteiger partial charge is 0.487 e. The molecule has 6 heteroatoms. The lowest BCUT2D eigenvalue weighted by atomic mass is 10.2. The van der Waals surface area contributed by atoms with Gasteiger partial charge in [-0.3, -0.25) is 0 Å². The molecule has 1 heterocycles. The van der Waals surface area contributed by atoms with E-state index in [9.17, 15) is 14.3 Å². The van der Waals surface area contributed by atoms with Crippen LogP contribution in [0.1, 0.15) is 39.9 Å².